The fourth-order valence-corrected chi connectivity index (χ4v) is 1.01. The van der Waals surface area contributed by atoms with Crippen LogP contribution in [0.3, 0.4) is 0 Å². The molecular weight excluding hydrogens is 154 g/mol. The van der Waals surface area contributed by atoms with Crippen LogP contribution in [0.15, 0.2) is 12.3 Å². The summed E-state index contributed by atoms with van der Waals surface area (Å²) in [6.45, 7) is 3.80. The molecule has 2 rings (SSSR count). The molecule has 1 fully saturated rings. The molecular formula is C8H11N3O. The van der Waals surface area contributed by atoms with Crippen LogP contribution in [0.5, 0.6) is 5.88 Å². The van der Waals surface area contributed by atoms with Crippen LogP contribution in [0.1, 0.15) is 5.56 Å². The average molecular weight is 165 g/mol. The minimum atomic E-state index is 0.279. The minimum absolute atomic E-state index is 0.279. The second-order valence-electron chi connectivity index (χ2n) is 2.97. The summed E-state index contributed by atoms with van der Waals surface area (Å²) in [4.78, 5) is 0. The highest BCUT2D eigenvalue weighted by molar-refractivity contribution is 5.15. The molecule has 12 heavy (non-hydrogen) atoms. The highest BCUT2D eigenvalue weighted by Gasteiger charge is 2.18. The van der Waals surface area contributed by atoms with Gasteiger partial charge in [-0.05, 0) is 12.5 Å². The van der Waals surface area contributed by atoms with Crippen molar-refractivity contribution in [1.29, 1.82) is 0 Å². The number of nitrogens with zero attached hydrogens (tertiary/aromatic N) is 2. The Bertz CT molecular complexity index is 273. The number of aromatic nitrogens is 2. The van der Waals surface area contributed by atoms with Gasteiger partial charge in [0.2, 0.25) is 5.88 Å². The molecule has 0 bridgehead atoms. The zero-order valence-corrected chi connectivity index (χ0v) is 6.95. The fraction of sp³-hybridized carbons (Fsp3) is 0.500. The van der Waals surface area contributed by atoms with Gasteiger partial charge in [0.25, 0.3) is 0 Å². The number of ether oxygens (including phenoxy) is 1. The molecule has 1 aromatic rings. The van der Waals surface area contributed by atoms with E-state index < -0.39 is 0 Å². The quantitative estimate of drug-likeness (QED) is 0.677. The van der Waals surface area contributed by atoms with E-state index in [0.29, 0.717) is 5.88 Å². The second-order valence-corrected chi connectivity index (χ2v) is 2.97. The van der Waals surface area contributed by atoms with Crippen molar-refractivity contribution < 1.29 is 4.74 Å². The van der Waals surface area contributed by atoms with E-state index >= 15 is 0 Å². The molecule has 0 unspecified atom stereocenters. The third-order valence-electron chi connectivity index (χ3n) is 1.80. The molecule has 0 radical (unpaired) electrons. The van der Waals surface area contributed by atoms with Crippen LogP contribution in [-0.4, -0.2) is 29.4 Å². The first kappa shape index (κ1) is 7.49. The van der Waals surface area contributed by atoms with Gasteiger partial charge in [-0.2, -0.15) is 5.10 Å². The summed E-state index contributed by atoms with van der Waals surface area (Å²) >= 11 is 0. The Kier molecular flexibility index (Phi) is 1.91. The topological polar surface area (TPSA) is 47.0 Å². The molecule has 2 heterocycles. The number of aryl methyl sites for hydroxylation is 1. The molecule has 4 nitrogen and oxygen atoms in total. The number of hydrogen-bond acceptors (Lipinski definition) is 4. The summed E-state index contributed by atoms with van der Waals surface area (Å²) in [5, 5.41) is 10.8. The number of hydrogen-bond donors (Lipinski definition) is 1. The van der Waals surface area contributed by atoms with Gasteiger partial charge in [0.1, 0.15) is 6.10 Å². The van der Waals surface area contributed by atoms with Crippen molar-refractivity contribution >= 4 is 0 Å². The van der Waals surface area contributed by atoms with Crippen molar-refractivity contribution in [1.82, 2.24) is 15.5 Å². The Balaban J connectivity index is 2.02. The van der Waals surface area contributed by atoms with E-state index in [0.717, 1.165) is 18.7 Å². The van der Waals surface area contributed by atoms with Gasteiger partial charge >= 0.3 is 0 Å². The number of nitrogens with one attached hydrogen (secondary N) is 1. The Morgan fingerprint density at radius 2 is 2.42 bits per heavy atom. The van der Waals surface area contributed by atoms with Crippen LogP contribution in [-0.2, 0) is 0 Å². The summed E-state index contributed by atoms with van der Waals surface area (Å²) in [7, 11) is 0. The van der Waals surface area contributed by atoms with Crippen LogP contribution in [0, 0.1) is 6.92 Å². The molecule has 1 aliphatic rings. The fourth-order valence-electron chi connectivity index (χ4n) is 1.01. The lowest BCUT2D eigenvalue weighted by molar-refractivity contribution is 0.134. The monoisotopic (exact) mass is 165 g/mol. The van der Waals surface area contributed by atoms with Crippen molar-refractivity contribution in [2.75, 3.05) is 13.1 Å². The third kappa shape index (κ3) is 1.53. The van der Waals surface area contributed by atoms with E-state index in [4.69, 9.17) is 4.74 Å². The molecule has 0 spiro atoms. The maximum Gasteiger partial charge on any atom is 0.233 e. The predicted octanol–water partition coefficient (Wildman–Crippen LogP) is 0.136. The SMILES string of the molecule is Cc1cnnc(OC2CNC2)c1. The van der Waals surface area contributed by atoms with Gasteiger partial charge in [0, 0.05) is 19.2 Å². The van der Waals surface area contributed by atoms with E-state index in [1.54, 1.807) is 6.20 Å². The molecule has 4 heteroatoms. The second kappa shape index (κ2) is 3.06. The first-order valence-electron chi connectivity index (χ1n) is 4.01. The minimum Gasteiger partial charge on any atom is -0.471 e. The van der Waals surface area contributed by atoms with E-state index in [2.05, 4.69) is 15.5 Å². The molecule has 0 saturated carbocycles. The van der Waals surface area contributed by atoms with Crippen LogP contribution in [0.4, 0.5) is 0 Å². The molecule has 1 saturated heterocycles. The Morgan fingerprint density at radius 3 is 3.00 bits per heavy atom. The summed E-state index contributed by atoms with van der Waals surface area (Å²) in [6, 6.07) is 1.89. The summed E-state index contributed by atoms with van der Waals surface area (Å²) in [5.41, 5.74) is 1.08. The molecule has 0 atom stereocenters. The maximum absolute atomic E-state index is 5.50. The zero-order chi connectivity index (χ0) is 8.39. The molecule has 1 aromatic heterocycles. The Hall–Kier alpha value is -1.16. The molecule has 0 aliphatic carbocycles. The molecule has 0 amide bonds. The molecule has 0 aromatic carbocycles. The first-order valence-corrected chi connectivity index (χ1v) is 4.01. The van der Waals surface area contributed by atoms with Crippen molar-refractivity contribution in [3.63, 3.8) is 0 Å². The van der Waals surface area contributed by atoms with Gasteiger partial charge in [0.05, 0.1) is 6.20 Å². The van der Waals surface area contributed by atoms with Crippen LogP contribution < -0.4 is 10.1 Å². The van der Waals surface area contributed by atoms with Gasteiger partial charge in [0.15, 0.2) is 0 Å². The van der Waals surface area contributed by atoms with E-state index in [9.17, 15) is 0 Å². The predicted molar refractivity (Wildman–Crippen MR) is 44.1 cm³/mol. The highest BCUT2D eigenvalue weighted by atomic mass is 16.5. The van der Waals surface area contributed by atoms with Crippen LogP contribution >= 0.6 is 0 Å². The van der Waals surface area contributed by atoms with Gasteiger partial charge < -0.3 is 10.1 Å². The van der Waals surface area contributed by atoms with E-state index in [1.807, 2.05) is 13.0 Å². The third-order valence-corrected chi connectivity index (χ3v) is 1.80. The first-order chi connectivity index (χ1) is 5.84. The van der Waals surface area contributed by atoms with Crippen molar-refractivity contribution in [3.05, 3.63) is 17.8 Å². The lowest BCUT2D eigenvalue weighted by Crippen LogP contribution is -2.50. The normalized spacial score (nSPS) is 17.1. The summed E-state index contributed by atoms with van der Waals surface area (Å²) in [6.07, 6.45) is 1.99. The standard InChI is InChI=1S/C8H11N3O/c1-6-2-8(11-10-3-6)12-7-4-9-5-7/h2-3,7,9H,4-5H2,1H3. The highest BCUT2D eigenvalue weighted by Crippen LogP contribution is 2.10. The van der Waals surface area contributed by atoms with Crippen LogP contribution in [0.2, 0.25) is 0 Å². The van der Waals surface area contributed by atoms with Crippen molar-refractivity contribution in [2.45, 2.75) is 13.0 Å². The zero-order valence-electron chi connectivity index (χ0n) is 6.95. The van der Waals surface area contributed by atoms with Gasteiger partial charge in [-0.3, -0.25) is 0 Å². The van der Waals surface area contributed by atoms with Gasteiger partial charge in [-0.25, -0.2) is 0 Å². The number of rotatable bonds is 2. The molecule has 64 valence electrons. The smallest absolute Gasteiger partial charge is 0.233 e. The summed E-state index contributed by atoms with van der Waals surface area (Å²) < 4.78 is 5.50. The van der Waals surface area contributed by atoms with Gasteiger partial charge in [-0.1, -0.05) is 0 Å². The molecule has 1 aliphatic heterocycles. The Labute approximate surface area is 71.0 Å². The van der Waals surface area contributed by atoms with Crippen molar-refractivity contribution in [3.8, 4) is 5.88 Å². The maximum atomic E-state index is 5.50. The lowest BCUT2D eigenvalue weighted by Gasteiger charge is -2.26. The lowest BCUT2D eigenvalue weighted by atomic mass is 10.2. The van der Waals surface area contributed by atoms with Crippen molar-refractivity contribution in [2.24, 2.45) is 0 Å². The average Bonchev–Trinajstić information content (AvgIpc) is 1.97. The van der Waals surface area contributed by atoms with E-state index in [-0.39, 0.29) is 6.10 Å². The molecule has 1 N–H and O–H groups in total. The largest absolute Gasteiger partial charge is 0.471 e. The van der Waals surface area contributed by atoms with E-state index in [1.165, 1.54) is 0 Å². The Morgan fingerprint density at radius 1 is 1.58 bits per heavy atom. The summed E-state index contributed by atoms with van der Waals surface area (Å²) in [5.74, 6) is 0.626. The van der Waals surface area contributed by atoms with Crippen LogP contribution in [0.25, 0.3) is 0 Å². The van der Waals surface area contributed by atoms with Gasteiger partial charge in [-0.15, -0.1) is 5.10 Å².